The fraction of sp³-hybridized carbons (Fsp3) is 0.105. The SMILES string of the molecule is O=C(Cc1c[nH]c2ccccc12)NCc1c[nH]c2ccccc12. The van der Waals surface area contributed by atoms with Crippen molar-refractivity contribution in [3.63, 3.8) is 0 Å². The average molecular weight is 303 g/mol. The quantitative estimate of drug-likeness (QED) is 0.531. The normalized spacial score (nSPS) is 11.1. The molecule has 0 aliphatic heterocycles. The second kappa shape index (κ2) is 5.65. The number of H-pyrrole nitrogens is 2. The molecule has 0 saturated heterocycles. The average Bonchev–Trinajstić information content (AvgIpc) is 3.18. The minimum Gasteiger partial charge on any atom is -0.361 e. The summed E-state index contributed by atoms with van der Waals surface area (Å²) < 4.78 is 0. The third kappa shape index (κ3) is 2.59. The molecule has 4 aromatic rings. The fourth-order valence-electron chi connectivity index (χ4n) is 2.99. The number of hydrogen-bond acceptors (Lipinski definition) is 1. The van der Waals surface area contributed by atoms with Gasteiger partial charge >= 0.3 is 0 Å². The Morgan fingerprint density at radius 2 is 1.39 bits per heavy atom. The topological polar surface area (TPSA) is 60.7 Å². The number of hydrogen-bond donors (Lipinski definition) is 3. The Kier molecular flexibility index (Phi) is 3.35. The van der Waals surface area contributed by atoms with Gasteiger partial charge < -0.3 is 15.3 Å². The molecule has 1 amide bonds. The van der Waals surface area contributed by atoms with Gasteiger partial charge in [0.25, 0.3) is 0 Å². The third-order valence-electron chi connectivity index (χ3n) is 4.18. The molecule has 0 aliphatic carbocycles. The van der Waals surface area contributed by atoms with Crippen LogP contribution in [0.3, 0.4) is 0 Å². The lowest BCUT2D eigenvalue weighted by molar-refractivity contribution is -0.120. The molecule has 0 unspecified atom stereocenters. The van der Waals surface area contributed by atoms with Gasteiger partial charge in [0.2, 0.25) is 5.91 Å². The first-order chi connectivity index (χ1) is 11.3. The van der Waals surface area contributed by atoms with E-state index in [1.807, 2.05) is 54.9 Å². The lowest BCUT2D eigenvalue weighted by atomic mass is 10.1. The number of nitrogens with one attached hydrogen (secondary N) is 3. The highest BCUT2D eigenvalue weighted by Crippen LogP contribution is 2.19. The van der Waals surface area contributed by atoms with Gasteiger partial charge in [0.15, 0.2) is 0 Å². The molecule has 0 aliphatic rings. The molecule has 114 valence electrons. The van der Waals surface area contributed by atoms with Crippen LogP contribution in [0, 0.1) is 0 Å². The van der Waals surface area contributed by atoms with E-state index in [1.54, 1.807) is 0 Å². The first-order valence-electron chi connectivity index (χ1n) is 7.68. The van der Waals surface area contributed by atoms with Gasteiger partial charge in [-0.05, 0) is 23.3 Å². The lowest BCUT2D eigenvalue weighted by Gasteiger charge is -2.04. The summed E-state index contributed by atoms with van der Waals surface area (Å²) in [5.41, 5.74) is 4.28. The van der Waals surface area contributed by atoms with Crippen molar-refractivity contribution < 1.29 is 4.79 Å². The van der Waals surface area contributed by atoms with Crippen LogP contribution >= 0.6 is 0 Å². The second-order valence-corrected chi connectivity index (χ2v) is 5.67. The predicted octanol–water partition coefficient (Wildman–Crippen LogP) is 3.51. The Balaban J connectivity index is 1.46. The Labute approximate surface area is 133 Å². The lowest BCUT2D eigenvalue weighted by Crippen LogP contribution is -2.24. The molecule has 0 atom stereocenters. The number of carbonyl (C=O) groups is 1. The summed E-state index contributed by atoms with van der Waals surface area (Å²) in [4.78, 5) is 18.7. The minimum absolute atomic E-state index is 0.0278. The second-order valence-electron chi connectivity index (χ2n) is 5.67. The Morgan fingerprint density at radius 1 is 0.826 bits per heavy atom. The van der Waals surface area contributed by atoms with E-state index in [0.29, 0.717) is 13.0 Å². The van der Waals surface area contributed by atoms with Crippen molar-refractivity contribution >= 4 is 27.7 Å². The van der Waals surface area contributed by atoms with Crippen LogP contribution in [0.5, 0.6) is 0 Å². The first kappa shape index (κ1) is 13.6. The van der Waals surface area contributed by atoms with Crippen LogP contribution in [0.2, 0.25) is 0 Å². The fourth-order valence-corrected chi connectivity index (χ4v) is 2.99. The van der Waals surface area contributed by atoms with Crippen LogP contribution in [0.4, 0.5) is 0 Å². The molecular weight excluding hydrogens is 286 g/mol. The molecule has 0 saturated carbocycles. The van der Waals surface area contributed by atoms with Crippen molar-refractivity contribution in [2.75, 3.05) is 0 Å². The van der Waals surface area contributed by atoms with Crippen LogP contribution in [-0.2, 0) is 17.8 Å². The number of aromatic nitrogens is 2. The van der Waals surface area contributed by atoms with Crippen LogP contribution in [-0.4, -0.2) is 15.9 Å². The molecule has 4 nitrogen and oxygen atoms in total. The smallest absolute Gasteiger partial charge is 0.224 e. The van der Waals surface area contributed by atoms with E-state index >= 15 is 0 Å². The van der Waals surface area contributed by atoms with E-state index in [2.05, 4.69) is 21.4 Å². The summed E-state index contributed by atoms with van der Waals surface area (Å²) in [6, 6.07) is 16.1. The summed E-state index contributed by atoms with van der Waals surface area (Å²) in [5, 5.41) is 5.27. The monoisotopic (exact) mass is 303 g/mol. The van der Waals surface area contributed by atoms with E-state index in [4.69, 9.17) is 0 Å². The highest BCUT2D eigenvalue weighted by Gasteiger charge is 2.09. The molecule has 2 heterocycles. The maximum atomic E-state index is 12.3. The van der Waals surface area contributed by atoms with Crippen LogP contribution < -0.4 is 5.32 Å². The Bertz CT molecular complexity index is 980. The molecule has 4 heteroatoms. The maximum Gasteiger partial charge on any atom is 0.224 e. The minimum atomic E-state index is 0.0278. The zero-order valence-corrected chi connectivity index (χ0v) is 12.6. The van der Waals surface area contributed by atoms with Gasteiger partial charge in [-0.25, -0.2) is 0 Å². The summed E-state index contributed by atoms with van der Waals surface area (Å²) in [5.74, 6) is 0.0278. The van der Waals surface area contributed by atoms with E-state index in [0.717, 1.165) is 32.9 Å². The van der Waals surface area contributed by atoms with Gasteiger partial charge in [-0.3, -0.25) is 4.79 Å². The molecule has 0 radical (unpaired) electrons. The van der Waals surface area contributed by atoms with Gasteiger partial charge in [0.05, 0.1) is 6.42 Å². The third-order valence-corrected chi connectivity index (χ3v) is 4.18. The molecule has 0 spiro atoms. The largest absolute Gasteiger partial charge is 0.361 e. The molecule has 0 fully saturated rings. The summed E-state index contributed by atoms with van der Waals surface area (Å²) in [6.45, 7) is 0.533. The molecule has 2 aromatic heterocycles. The first-order valence-corrected chi connectivity index (χ1v) is 7.68. The molecule has 2 aromatic carbocycles. The van der Waals surface area contributed by atoms with Crippen molar-refractivity contribution in [2.24, 2.45) is 0 Å². The summed E-state index contributed by atoms with van der Waals surface area (Å²) in [7, 11) is 0. The number of aromatic amines is 2. The molecule has 0 bridgehead atoms. The van der Waals surface area contributed by atoms with Crippen molar-refractivity contribution in [3.8, 4) is 0 Å². The Morgan fingerprint density at radius 3 is 2.09 bits per heavy atom. The van der Waals surface area contributed by atoms with Crippen LogP contribution in [0.25, 0.3) is 21.8 Å². The van der Waals surface area contributed by atoms with E-state index < -0.39 is 0 Å². The van der Waals surface area contributed by atoms with Gasteiger partial charge in [-0.15, -0.1) is 0 Å². The molecule has 3 N–H and O–H groups in total. The van der Waals surface area contributed by atoms with Crippen molar-refractivity contribution in [1.82, 2.24) is 15.3 Å². The standard InChI is InChI=1S/C19H17N3O/c23-19(9-13-10-20-17-7-3-1-5-15(13)17)22-12-14-11-21-18-8-4-2-6-16(14)18/h1-8,10-11,20-21H,9,12H2,(H,22,23). The van der Waals surface area contributed by atoms with Crippen LogP contribution in [0.1, 0.15) is 11.1 Å². The van der Waals surface area contributed by atoms with Crippen molar-refractivity contribution in [1.29, 1.82) is 0 Å². The van der Waals surface area contributed by atoms with E-state index in [9.17, 15) is 4.79 Å². The molecular formula is C19H17N3O. The van der Waals surface area contributed by atoms with E-state index in [1.165, 1.54) is 0 Å². The molecule has 4 rings (SSSR count). The highest BCUT2D eigenvalue weighted by molar-refractivity contribution is 5.89. The van der Waals surface area contributed by atoms with Crippen molar-refractivity contribution in [2.45, 2.75) is 13.0 Å². The van der Waals surface area contributed by atoms with Crippen LogP contribution in [0.15, 0.2) is 60.9 Å². The number of para-hydroxylation sites is 2. The number of carbonyl (C=O) groups excluding carboxylic acids is 1. The zero-order valence-electron chi connectivity index (χ0n) is 12.6. The predicted molar refractivity (Wildman–Crippen MR) is 92.1 cm³/mol. The summed E-state index contributed by atoms with van der Waals surface area (Å²) >= 11 is 0. The van der Waals surface area contributed by atoms with Gasteiger partial charge in [-0.2, -0.15) is 0 Å². The van der Waals surface area contributed by atoms with Gasteiger partial charge in [-0.1, -0.05) is 36.4 Å². The van der Waals surface area contributed by atoms with Crippen molar-refractivity contribution in [3.05, 3.63) is 72.1 Å². The number of rotatable bonds is 4. The van der Waals surface area contributed by atoms with E-state index in [-0.39, 0.29) is 5.91 Å². The number of fused-ring (bicyclic) bond motifs is 2. The highest BCUT2D eigenvalue weighted by atomic mass is 16.1. The summed E-state index contributed by atoms with van der Waals surface area (Å²) in [6.07, 6.45) is 4.25. The zero-order chi connectivity index (χ0) is 15.6. The maximum absolute atomic E-state index is 12.3. The Hall–Kier alpha value is -3.01. The number of benzene rings is 2. The number of amides is 1. The van der Waals surface area contributed by atoms with Gasteiger partial charge in [0, 0.05) is 40.7 Å². The van der Waals surface area contributed by atoms with Gasteiger partial charge in [0.1, 0.15) is 0 Å². The molecule has 23 heavy (non-hydrogen) atoms.